The molecule has 0 spiro atoms. The number of nitrogens with zero attached hydrogens (tertiary/aromatic N) is 3. The van der Waals surface area contributed by atoms with Gasteiger partial charge in [-0.3, -0.25) is 0 Å². The Bertz CT molecular complexity index is 803. The fourth-order valence-electron chi connectivity index (χ4n) is 2.31. The number of nitrogens with one attached hydrogen (secondary N) is 2. The molecule has 0 aliphatic rings. The molecule has 0 unspecified atom stereocenters. The molecule has 0 aliphatic carbocycles. The van der Waals surface area contributed by atoms with E-state index < -0.39 is 0 Å². The first-order valence-corrected chi connectivity index (χ1v) is 7.63. The molecule has 3 rings (SSSR count). The van der Waals surface area contributed by atoms with Crippen molar-refractivity contribution in [3.05, 3.63) is 54.0 Å². The molecule has 7 heteroatoms. The minimum Gasteiger partial charge on any atom is -0.496 e. The van der Waals surface area contributed by atoms with Gasteiger partial charge in [0, 0.05) is 18.7 Å². The van der Waals surface area contributed by atoms with Crippen molar-refractivity contribution in [2.45, 2.75) is 13.3 Å². The lowest BCUT2D eigenvalue weighted by Crippen LogP contribution is -2.08. The number of benzene rings is 1. The lowest BCUT2D eigenvalue weighted by atomic mass is 10.1. The molecular weight excluding hydrogens is 306 g/mol. The highest BCUT2D eigenvalue weighted by atomic mass is 16.5. The number of rotatable bonds is 7. The van der Waals surface area contributed by atoms with Crippen LogP contribution in [0, 0.1) is 6.92 Å². The molecule has 0 saturated carbocycles. The van der Waals surface area contributed by atoms with Gasteiger partial charge in [0.15, 0.2) is 5.82 Å². The topological polar surface area (TPSA) is 85.1 Å². The molecule has 0 atom stereocenters. The van der Waals surface area contributed by atoms with Crippen LogP contribution in [-0.2, 0) is 6.42 Å². The fraction of sp³-hybridized carbons (Fsp3) is 0.235. The normalized spacial score (nSPS) is 10.4. The average molecular weight is 325 g/mol. The second-order valence-electron chi connectivity index (χ2n) is 5.22. The van der Waals surface area contributed by atoms with E-state index in [1.54, 1.807) is 13.2 Å². The number of anilines is 3. The summed E-state index contributed by atoms with van der Waals surface area (Å²) in [6.45, 7) is 2.57. The van der Waals surface area contributed by atoms with Gasteiger partial charge in [-0.25, -0.2) is 9.97 Å². The van der Waals surface area contributed by atoms with Gasteiger partial charge >= 0.3 is 0 Å². The van der Waals surface area contributed by atoms with Crippen LogP contribution >= 0.6 is 0 Å². The van der Waals surface area contributed by atoms with E-state index in [-0.39, 0.29) is 0 Å². The van der Waals surface area contributed by atoms with Gasteiger partial charge in [0.1, 0.15) is 29.5 Å². The highest BCUT2D eigenvalue weighted by molar-refractivity contribution is 5.55. The van der Waals surface area contributed by atoms with Crippen molar-refractivity contribution < 1.29 is 9.26 Å². The van der Waals surface area contributed by atoms with E-state index in [9.17, 15) is 0 Å². The largest absolute Gasteiger partial charge is 0.496 e. The Morgan fingerprint density at radius 1 is 1.08 bits per heavy atom. The first-order valence-electron chi connectivity index (χ1n) is 7.63. The molecule has 0 radical (unpaired) electrons. The number of hydrogen-bond acceptors (Lipinski definition) is 7. The predicted octanol–water partition coefficient (Wildman–Crippen LogP) is 3.18. The van der Waals surface area contributed by atoms with Crippen LogP contribution in [0.25, 0.3) is 0 Å². The zero-order valence-corrected chi connectivity index (χ0v) is 13.6. The van der Waals surface area contributed by atoms with Crippen LogP contribution in [0.15, 0.2) is 47.2 Å². The molecule has 0 aliphatic heterocycles. The summed E-state index contributed by atoms with van der Waals surface area (Å²) in [6.07, 6.45) is 2.33. The van der Waals surface area contributed by atoms with Crippen LogP contribution in [-0.4, -0.2) is 28.8 Å². The number of aryl methyl sites for hydroxylation is 1. The third-order valence-corrected chi connectivity index (χ3v) is 3.44. The van der Waals surface area contributed by atoms with E-state index in [0.29, 0.717) is 11.6 Å². The Morgan fingerprint density at radius 2 is 1.92 bits per heavy atom. The Balaban J connectivity index is 1.58. The van der Waals surface area contributed by atoms with E-state index in [1.807, 2.05) is 31.2 Å². The van der Waals surface area contributed by atoms with Crippen LogP contribution in [0.5, 0.6) is 5.75 Å². The number of ether oxygens (including phenoxy) is 1. The maximum absolute atomic E-state index is 5.36. The summed E-state index contributed by atoms with van der Waals surface area (Å²) in [7, 11) is 1.68. The van der Waals surface area contributed by atoms with E-state index in [4.69, 9.17) is 9.26 Å². The number of aromatic nitrogens is 3. The average Bonchev–Trinajstić information content (AvgIpc) is 3.00. The summed E-state index contributed by atoms with van der Waals surface area (Å²) in [5.74, 6) is 3.64. The van der Waals surface area contributed by atoms with Crippen molar-refractivity contribution >= 4 is 17.5 Å². The van der Waals surface area contributed by atoms with Crippen molar-refractivity contribution in [3.8, 4) is 5.75 Å². The quantitative estimate of drug-likeness (QED) is 0.690. The third-order valence-electron chi connectivity index (χ3n) is 3.44. The summed E-state index contributed by atoms with van der Waals surface area (Å²) >= 11 is 0. The van der Waals surface area contributed by atoms with Crippen LogP contribution in [0.1, 0.15) is 11.3 Å². The van der Waals surface area contributed by atoms with Crippen molar-refractivity contribution in [1.29, 1.82) is 0 Å². The maximum Gasteiger partial charge on any atom is 0.175 e. The summed E-state index contributed by atoms with van der Waals surface area (Å²) in [5.41, 5.74) is 1.15. The molecule has 7 nitrogen and oxygen atoms in total. The second-order valence-corrected chi connectivity index (χ2v) is 5.22. The standard InChI is InChI=1S/C17H19N5O2/c1-12-9-17(22-24-12)21-16-10-15(19-11-20-16)18-8-7-13-5-3-4-6-14(13)23-2/h3-6,9-11H,7-8H2,1-2H3,(H2,18,19,20,21,22). The zero-order chi connectivity index (χ0) is 16.8. The van der Waals surface area contributed by atoms with Gasteiger partial charge in [0.05, 0.1) is 7.11 Å². The van der Waals surface area contributed by atoms with Crippen molar-refractivity contribution in [3.63, 3.8) is 0 Å². The zero-order valence-electron chi connectivity index (χ0n) is 13.6. The number of para-hydroxylation sites is 1. The minimum atomic E-state index is 0.617. The van der Waals surface area contributed by atoms with E-state index in [2.05, 4.69) is 31.8 Å². The SMILES string of the molecule is COc1ccccc1CCNc1cc(Nc2cc(C)on2)ncn1. The predicted molar refractivity (Wildman–Crippen MR) is 91.7 cm³/mol. The molecule has 0 amide bonds. The Hall–Kier alpha value is -3.09. The van der Waals surface area contributed by atoms with Crippen molar-refractivity contribution in [2.24, 2.45) is 0 Å². The summed E-state index contributed by atoms with van der Waals surface area (Å²) in [5, 5.41) is 10.2. The first-order chi connectivity index (χ1) is 11.7. The molecule has 24 heavy (non-hydrogen) atoms. The third kappa shape index (κ3) is 4.01. The van der Waals surface area contributed by atoms with Gasteiger partial charge in [-0.05, 0) is 25.0 Å². The highest BCUT2D eigenvalue weighted by Crippen LogP contribution is 2.19. The molecule has 2 aromatic heterocycles. The van der Waals surface area contributed by atoms with Crippen LogP contribution in [0.4, 0.5) is 17.5 Å². The van der Waals surface area contributed by atoms with Crippen molar-refractivity contribution in [2.75, 3.05) is 24.3 Å². The minimum absolute atomic E-state index is 0.617. The monoisotopic (exact) mass is 325 g/mol. The maximum atomic E-state index is 5.36. The van der Waals surface area contributed by atoms with E-state index in [0.717, 1.165) is 35.9 Å². The number of methoxy groups -OCH3 is 1. The summed E-state index contributed by atoms with van der Waals surface area (Å²) < 4.78 is 10.4. The molecule has 0 bridgehead atoms. The lowest BCUT2D eigenvalue weighted by molar-refractivity contribution is 0.400. The second kappa shape index (κ2) is 7.45. The van der Waals surface area contributed by atoms with Gasteiger partial charge < -0.3 is 19.9 Å². The Morgan fingerprint density at radius 3 is 2.71 bits per heavy atom. The Labute approximate surface area is 140 Å². The highest BCUT2D eigenvalue weighted by Gasteiger charge is 2.04. The first kappa shape index (κ1) is 15.8. The van der Waals surface area contributed by atoms with Crippen LogP contribution in [0.2, 0.25) is 0 Å². The lowest BCUT2D eigenvalue weighted by Gasteiger charge is -2.10. The van der Waals surface area contributed by atoms with Gasteiger partial charge in [-0.2, -0.15) is 0 Å². The molecule has 1 aromatic carbocycles. The van der Waals surface area contributed by atoms with Gasteiger partial charge in [0.25, 0.3) is 0 Å². The molecule has 124 valence electrons. The molecule has 0 saturated heterocycles. The van der Waals surface area contributed by atoms with Crippen LogP contribution < -0.4 is 15.4 Å². The van der Waals surface area contributed by atoms with Crippen molar-refractivity contribution in [1.82, 2.24) is 15.1 Å². The van der Waals surface area contributed by atoms with E-state index >= 15 is 0 Å². The van der Waals surface area contributed by atoms with E-state index in [1.165, 1.54) is 6.33 Å². The van der Waals surface area contributed by atoms with Gasteiger partial charge in [-0.1, -0.05) is 23.4 Å². The molecule has 2 heterocycles. The fourth-order valence-corrected chi connectivity index (χ4v) is 2.31. The molecular formula is C17H19N5O2. The smallest absolute Gasteiger partial charge is 0.175 e. The molecule has 2 N–H and O–H groups in total. The molecule has 0 fully saturated rings. The summed E-state index contributed by atoms with van der Waals surface area (Å²) in [6, 6.07) is 11.6. The number of hydrogen-bond donors (Lipinski definition) is 2. The summed E-state index contributed by atoms with van der Waals surface area (Å²) in [4.78, 5) is 8.40. The van der Waals surface area contributed by atoms with Gasteiger partial charge in [-0.15, -0.1) is 0 Å². The molecule has 3 aromatic rings. The van der Waals surface area contributed by atoms with Crippen LogP contribution in [0.3, 0.4) is 0 Å². The Kier molecular flexibility index (Phi) is 4.90. The van der Waals surface area contributed by atoms with Gasteiger partial charge in [0.2, 0.25) is 0 Å².